The molecule has 1 aromatic heterocycles. The van der Waals surface area contributed by atoms with Gasteiger partial charge in [-0.3, -0.25) is 0 Å². The van der Waals surface area contributed by atoms with E-state index in [1.54, 1.807) is 0 Å². The van der Waals surface area contributed by atoms with E-state index in [9.17, 15) is 0 Å². The minimum Gasteiger partial charge on any atom is -0.308 e. The van der Waals surface area contributed by atoms with Gasteiger partial charge in [-0.15, -0.1) is 11.3 Å². The Morgan fingerprint density at radius 1 is 0.393 bits per heavy atom. The van der Waals surface area contributed by atoms with E-state index in [1.807, 2.05) is 11.3 Å². The molecule has 0 fully saturated rings. The number of rotatable bonds is 5. The molecule has 0 saturated heterocycles. The second-order valence-corrected chi connectivity index (χ2v) is 17.5. The van der Waals surface area contributed by atoms with Crippen molar-refractivity contribution in [3.8, 4) is 44.5 Å². The number of fused-ring (bicyclic) bond motifs is 9. The summed E-state index contributed by atoms with van der Waals surface area (Å²) in [5.41, 5.74) is 19.1. The second kappa shape index (κ2) is 12.1. The quantitative estimate of drug-likeness (QED) is 0.170. The molecule has 268 valence electrons. The lowest BCUT2D eigenvalue weighted by Gasteiger charge is -2.31. The summed E-state index contributed by atoms with van der Waals surface area (Å²) in [6.45, 7) is 9.49. The maximum absolute atomic E-state index is 2.57. The fourth-order valence-corrected chi connectivity index (χ4v) is 11.2. The average molecular weight is 736 g/mol. The SMILES string of the molecule is CC1(C)c2ccccc2-c2cc(N(c3cccc(-c4ccccc4)c3-c3cccc4c3-c3ccccc3C4(C)C)c3cccc4c3sc3ccccc34)ccc21. The van der Waals surface area contributed by atoms with Crippen LogP contribution in [-0.4, -0.2) is 0 Å². The van der Waals surface area contributed by atoms with E-state index in [0.717, 1.165) is 11.4 Å². The summed E-state index contributed by atoms with van der Waals surface area (Å²) in [6.07, 6.45) is 0. The summed E-state index contributed by atoms with van der Waals surface area (Å²) in [5.74, 6) is 0. The molecule has 2 aliphatic rings. The third-order valence-electron chi connectivity index (χ3n) is 12.7. The van der Waals surface area contributed by atoms with Gasteiger partial charge >= 0.3 is 0 Å². The number of nitrogens with zero attached hydrogens (tertiary/aromatic N) is 1. The summed E-state index contributed by atoms with van der Waals surface area (Å²) in [7, 11) is 0. The molecule has 0 aliphatic heterocycles. The molecule has 0 amide bonds. The summed E-state index contributed by atoms with van der Waals surface area (Å²) < 4.78 is 2.59. The average Bonchev–Trinajstić information content (AvgIpc) is 3.82. The number of benzene rings is 8. The molecule has 0 spiro atoms. The third-order valence-corrected chi connectivity index (χ3v) is 13.9. The Balaban J connectivity index is 1.27. The first-order valence-corrected chi connectivity index (χ1v) is 20.5. The van der Waals surface area contributed by atoms with Crippen LogP contribution >= 0.6 is 11.3 Å². The highest BCUT2D eigenvalue weighted by atomic mass is 32.1. The van der Waals surface area contributed by atoms with Crippen molar-refractivity contribution in [1.82, 2.24) is 0 Å². The van der Waals surface area contributed by atoms with Crippen LogP contribution in [0.15, 0.2) is 176 Å². The largest absolute Gasteiger partial charge is 0.308 e. The molecule has 0 N–H and O–H groups in total. The van der Waals surface area contributed by atoms with Crippen LogP contribution in [0.3, 0.4) is 0 Å². The second-order valence-electron chi connectivity index (χ2n) is 16.5. The van der Waals surface area contributed by atoms with Crippen molar-refractivity contribution in [2.75, 3.05) is 4.90 Å². The fraction of sp³-hybridized carbons (Fsp3) is 0.111. The molecule has 0 radical (unpaired) electrons. The Bertz CT molecular complexity index is 3030. The number of thiophene rings is 1. The lowest BCUT2D eigenvalue weighted by molar-refractivity contribution is 0.660. The number of hydrogen-bond donors (Lipinski definition) is 0. The Morgan fingerprint density at radius 2 is 0.964 bits per heavy atom. The van der Waals surface area contributed by atoms with E-state index in [1.165, 1.54) is 92.6 Å². The van der Waals surface area contributed by atoms with Crippen LogP contribution in [0.1, 0.15) is 49.9 Å². The maximum Gasteiger partial charge on any atom is 0.0640 e. The molecule has 0 unspecified atom stereocenters. The molecule has 2 aliphatic carbocycles. The van der Waals surface area contributed by atoms with Gasteiger partial charge in [-0.25, -0.2) is 0 Å². The molecule has 0 saturated carbocycles. The van der Waals surface area contributed by atoms with Crippen LogP contribution in [0.2, 0.25) is 0 Å². The van der Waals surface area contributed by atoms with E-state index in [0.29, 0.717) is 0 Å². The van der Waals surface area contributed by atoms with Crippen molar-refractivity contribution in [1.29, 1.82) is 0 Å². The van der Waals surface area contributed by atoms with Gasteiger partial charge in [0.25, 0.3) is 0 Å². The van der Waals surface area contributed by atoms with Crippen LogP contribution in [0, 0.1) is 0 Å². The zero-order valence-corrected chi connectivity index (χ0v) is 32.9. The van der Waals surface area contributed by atoms with Crippen molar-refractivity contribution in [3.63, 3.8) is 0 Å². The predicted molar refractivity (Wildman–Crippen MR) is 240 cm³/mol. The van der Waals surface area contributed by atoms with Gasteiger partial charge in [-0.05, 0) is 91.5 Å². The smallest absolute Gasteiger partial charge is 0.0640 e. The zero-order chi connectivity index (χ0) is 37.8. The zero-order valence-electron chi connectivity index (χ0n) is 32.1. The van der Waals surface area contributed by atoms with Gasteiger partial charge in [-0.1, -0.05) is 173 Å². The van der Waals surface area contributed by atoms with Crippen LogP contribution in [0.4, 0.5) is 17.1 Å². The van der Waals surface area contributed by atoms with E-state index >= 15 is 0 Å². The number of hydrogen-bond acceptors (Lipinski definition) is 2. The van der Waals surface area contributed by atoms with Crippen LogP contribution in [0.25, 0.3) is 64.7 Å². The van der Waals surface area contributed by atoms with E-state index in [-0.39, 0.29) is 10.8 Å². The molecule has 1 nitrogen and oxygen atoms in total. The minimum absolute atomic E-state index is 0.0794. The predicted octanol–water partition coefficient (Wildman–Crippen LogP) is 15.5. The van der Waals surface area contributed by atoms with Gasteiger partial charge in [0, 0.05) is 37.6 Å². The Hall–Kier alpha value is -6.22. The molecule has 1 heterocycles. The van der Waals surface area contributed by atoms with Gasteiger partial charge in [0.1, 0.15) is 0 Å². The Labute approximate surface area is 333 Å². The molecule has 11 rings (SSSR count). The third kappa shape index (κ3) is 4.66. The molecule has 56 heavy (non-hydrogen) atoms. The molecule has 0 atom stereocenters. The van der Waals surface area contributed by atoms with Gasteiger partial charge < -0.3 is 4.90 Å². The molecule has 2 heteroatoms. The van der Waals surface area contributed by atoms with Crippen molar-refractivity contribution in [2.24, 2.45) is 0 Å². The summed E-state index contributed by atoms with van der Waals surface area (Å²) in [6, 6.07) is 65.8. The summed E-state index contributed by atoms with van der Waals surface area (Å²) in [4.78, 5) is 2.57. The van der Waals surface area contributed by atoms with Crippen molar-refractivity contribution >= 4 is 48.6 Å². The van der Waals surface area contributed by atoms with Crippen LogP contribution in [0.5, 0.6) is 0 Å². The van der Waals surface area contributed by atoms with Crippen molar-refractivity contribution in [3.05, 3.63) is 198 Å². The minimum atomic E-state index is -0.119. The van der Waals surface area contributed by atoms with Gasteiger partial charge in [0.2, 0.25) is 0 Å². The normalized spacial score (nSPS) is 14.4. The molecular weight excluding hydrogens is 695 g/mol. The topological polar surface area (TPSA) is 3.24 Å². The standard InChI is InChI=1S/C54H41NS/c1-53(2)43-25-11-8-19-37(43)42-33-35(31-32-45(42)53)55(48-29-16-23-39-38-20-10-13-30-49(38)56-52(39)48)47-28-15-22-36(34-17-6-5-7-18-34)51(47)41-24-14-27-46-50(41)40-21-9-12-26-44(40)54(46,3)4/h5-33H,1-4H3. The maximum atomic E-state index is 2.57. The van der Waals surface area contributed by atoms with Gasteiger partial charge in [0.15, 0.2) is 0 Å². The molecule has 8 aromatic carbocycles. The van der Waals surface area contributed by atoms with Crippen LogP contribution < -0.4 is 4.90 Å². The number of anilines is 3. The molecular formula is C54H41NS. The van der Waals surface area contributed by atoms with Gasteiger partial charge in [0.05, 0.1) is 16.1 Å². The first-order chi connectivity index (χ1) is 27.3. The van der Waals surface area contributed by atoms with Crippen LogP contribution in [-0.2, 0) is 10.8 Å². The van der Waals surface area contributed by atoms with Crippen molar-refractivity contribution in [2.45, 2.75) is 38.5 Å². The first kappa shape index (κ1) is 33.1. The van der Waals surface area contributed by atoms with E-state index < -0.39 is 0 Å². The highest BCUT2D eigenvalue weighted by molar-refractivity contribution is 7.26. The molecule has 9 aromatic rings. The van der Waals surface area contributed by atoms with Crippen molar-refractivity contribution < 1.29 is 0 Å². The highest BCUT2D eigenvalue weighted by Gasteiger charge is 2.39. The summed E-state index contributed by atoms with van der Waals surface area (Å²) >= 11 is 1.89. The van der Waals surface area contributed by atoms with Gasteiger partial charge in [-0.2, -0.15) is 0 Å². The highest BCUT2D eigenvalue weighted by Crippen LogP contribution is 2.57. The first-order valence-electron chi connectivity index (χ1n) is 19.7. The Kier molecular flexibility index (Phi) is 7.18. The van der Waals surface area contributed by atoms with E-state index in [4.69, 9.17) is 0 Å². The Morgan fingerprint density at radius 3 is 1.80 bits per heavy atom. The fourth-order valence-electron chi connectivity index (χ4n) is 9.99. The summed E-state index contributed by atoms with van der Waals surface area (Å²) in [5, 5.41) is 2.59. The lowest BCUT2D eigenvalue weighted by atomic mass is 9.81. The lowest BCUT2D eigenvalue weighted by Crippen LogP contribution is -2.16. The van der Waals surface area contributed by atoms with E-state index in [2.05, 4.69) is 209 Å². The monoisotopic (exact) mass is 735 g/mol. The molecule has 0 bridgehead atoms.